The number of nitrogens with zero attached hydrogens (tertiary/aromatic N) is 3. The molecule has 32 heavy (non-hydrogen) atoms. The predicted octanol–water partition coefficient (Wildman–Crippen LogP) is 4.71. The van der Waals surface area contributed by atoms with E-state index in [9.17, 15) is 14.7 Å². The Morgan fingerprint density at radius 2 is 1.91 bits per heavy atom. The van der Waals surface area contributed by atoms with Crippen molar-refractivity contribution in [3.63, 3.8) is 0 Å². The number of rotatable bonds is 8. The van der Waals surface area contributed by atoms with Gasteiger partial charge < -0.3 is 15.3 Å². The zero-order valence-electron chi connectivity index (χ0n) is 18.6. The first-order chi connectivity index (χ1) is 15.2. The average molecular weight is 455 g/mol. The second-order valence-corrected chi connectivity index (χ2v) is 8.24. The lowest BCUT2D eigenvalue weighted by molar-refractivity contribution is 0.0696. The summed E-state index contributed by atoms with van der Waals surface area (Å²) in [4.78, 5) is 26.2. The first kappa shape index (κ1) is 23.3. The molecule has 0 unspecified atom stereocenters. The Labute approximate surface area is 192 Å². The van der Waals surface area contributed by atoms with E-state index in [-0.39, 0.29) is 11.5 Å². The SMILES string of the molecule is Cc1nn(C)c(C)c1CCCN(C)c1ccc(C(=O)O)cc1NC(=O)c1cccc(Cl)c1. The summed E-state index contributed by atoms with van der Waals surface area (Å²) >= 11 is 6.00. The molecule has 1 heterocycles. The molecule has 0 spiro atoms. The van der Waals surface area contributed by atoms with E-state index in [1.807, 2.05) is 30.6 Å². The molecule has 0 radical (unpaired) electrons. The normalized spacial score (nSPS) is 10.8. The summed E-state index contributed by atoms with van der Waals surface area (Å²) in [6.45, 7) is 4.80. The molecular formula is C24H27ClN4O3. The minimum absolute atomic E-state index is 0.102. The van der Waals surface area contributed by atoms with Crippen LogP contribution in [-0.4, -0.2) is 40.4 Å². The molecule has 168 valence electrons. The molecule has 1 aromatic heterocycles. The van der Waals surface area contributed by atoms with Crippen LogP contribution in [0.2, 0.25) is 5.02 Å². The molecule has 1 amide bonds. The van der Waals surface area contributed by atoms with Crippen LogP contribution in [0.1, 0.15) is 44.1 Å². The highest BCUT2D eigenvalue weighted by Crippen LogP contribution is 2.28. The molecule has 0 fully saturated rings. The summed E-state index contributed by atoms with van der Waals surface area (Å²) in [5, 5.41) is 17.2. The number of aromatic carboxylic acids is 1. The Hall–Kier alpha value is -3.32. The minimum Gasteiger partial charge on any atom is -0.478 e. The number of carbonyl (C=O) groups excluding carboxylic acids is 1. The van der Waals surface area contributed by atoms with Gasteiger partial charge >= 0.3 is 5.97 Å². The summed E-state index contributed by atoms with van der Waals surface area (Å²) in [6, 6.07) is 11.3. The molecule has 0 atom stereocenters. The predicted molar refractivity (Wildman–Crippen MR) is 127 cm³/mol. The molecule has 8 heteroatoms. The highest BCUT2D eigenvalue weighted by Gasteiger charge is 2.16. The van der Waals surface area contributed by atoms with Crippen LogP contribution < -0.4 is 10.2 Å². The Morgan fingerprint density at radius 3 is 2.53 bits per heavy atom. The van der Waals surface area contributed by atoms with E-state index in [0.29, 0.717) is 16.3 Å². The molecule has 0 saturated carbocycles. The number of halogens is 1. The first-order valence-corrected chi connectivity index (χ1v) is 10.7. The van der Waals surface area contributed by atoms with Crippen molar-refractivity contribution in [2.45, 2.75) is 26.7 Å². The fourth-order valence-electron chi connectivity index (χ4n) is 3.72. The Bertz CT molecular complexity index is 1160. The molecule has 7 nitrogen and oxygen atoms in total. The number of nitrogens with one attached hydrogen (secondary N) is 1. The number of hydrogen-bond donors (Lipinski definition) is 2. The van der Waals surface area contributed by atoms with Gasteiger partial charge in [-0.2, -0.15) is 5.10 Å². The van der Waals surface area contributed by atoms with E-state index in [0.717, 1.165) is 36.5 Å². The van der Waals surface area contributed by atoms with Crippen molar-refractivity contribution in [3.05, 3.63) is 75.6 Å². The van der Waals surface area contributed by atoms with Crippen LogP contribution >= 0.6 is 11.6 Å². The first-order valence-electron chi connectivity index (χ1n) is 10.3. The summed E-state index contributed by atoms with van der Waals surface area (Å²) in [5.41, 5.74) is 5.12. The third-order valence-corrected chi connectivity index (χ3v) is 5.80. The average Bonchev–Trinajstić information content (AvgIpc) is 2.99. The highest BCUT2D eigenvalue weighted by atomic mass is 35.5. The summed E-state index contributed by atoms with van der Waals surface area (Å²) in [5.74, 6) is -1.41. The van der Waals surface area contributed by atoms with Crippen LogP contribution in [0.4, 0.5) is 11.4 Å². The summed E-state index contributed by atoms with van der Waals surface area (Å²) in [6.07, 6.45) is 1.76. The van der Waals surface area contributed by atoms with E-state index >= 15 is 0 Å². The van der Waals surface area contributed by atoms with Gasteiger partial charge in [0.1, 0.15) is 0 Å². The van der Waals surface area contributed by atoms with E-state index in [2.05, 4.69) is 17.3 Å². The monoisotopic (exact) mass is 454 g/mol. The van der Waals surface area contributed by atoms with Gasteiger partial charge in [0.25, 0.3) is 5.91 Å². The number of amides is 1. The second-order valence-electron chi connectivity index (χ2n) is 7.80. The van der Waals surface area contributed by atoms with Crippen LogP contribution in [-0.2, 0) is 13.5 Å². The number of anilines is 2. The zero-order valence-corrected chi connectivity index (χ0v) is 19.4. The molecule has 0 saturated heterocycles. The van der Waals surface area contributed by atoms with Gasteiger partial charge in [0.15, 0.2) is 0 Å². The maximum absolute atomic E-state index is 12.8. The quantitative estimate of drug-likeness (QED) is 0.514. The van der Waals surface area contributed by atoms with Crippen LogP contribution in [0.3, 0.4) is 0 Å². The van der Waals surface area contributed by atoms with E-state index in [1.165, 1.54) is 11.6 Å². The van der Waals surface area contributed by atoms with Crippen molar-refractivity contribution >= 4 is 34.9 Å². The number of carboxylic acid groups (broad SMARTS) is 1. The number of benzene rings is 2. The molecule has 0 aliphatic carbocycles. The highest BCUT2D eigenvalue weighted by molar-refractivity contribution is 6.31. The van der Waals surface area contributed by atoms with Gasteiger partial charge in [-0.25, -0.2) is 4.79 Å². The van der Waals surface area contributed by atoms with Crippen molar-refractivity contribution in [2.24, 2.45) is 7.05 Å². The topological polar surface area (TPSA) is 87.5 Å². The number of aryl methyl sites for hydroxylation is 2. The van der Waals surface area contributed by atoms with Crippen LogP contribution in [0.15, 0.2) is 42.5 Å². The van der Waals surface area contributed by atoms with Gasteiger partial charge in [-0.05, 0) is 68.7 Å². The van der Waals surface area contributed by atoms with E-state index in [4.69, 9.17) is 11.6 Å². The smallest absolute Gasteiger partial charge is 0.335 e. The Morgan fingerprint density at radius 1 is 1.16 bits per heavy atom. The van der Waals surface area contributed by atoms with Crippen molar-refractivity contribution < 1.29 is 14.7 Å². The van der Waals surface area contributed by atoms with Gasteiger partial charge in [0.2, 0.25) is 0 Å². The number of hydrogen-bond acceptors (Lipinski definition) is 4. The van der Waals surface area contributed by atoms with Crippen molar-refractivity contribution in [1.29, 1.82) is 0 Å². The minimum atomic E-state index is -1.06. The zero-order chi connectivity index (χ0) is 23.4. The van der Waals surface area contributed by atoms with Crippen molar-refractivity contribution in [3.8, 4) is 0 Å². The molecule has 3 rings (SSSR count). The second kappa shape index (κ2) is 9.87. The van der Waals surface area contributed by atoms with Crippen molar-refractivity contribution in [2.75, 3.05) is 23.8 Å². The lowest BCUT2D eigenvalue weighted by Gasteiger charge is -2.23. The summed E-state index contributed by atoms with van der Waals surface area (Å²) < 4.78 is 1.89. The fraction of sp³-hybridized carbons (Fsp3) is 0.292. The molecule has 2 aromatic carbocycles. The third-order valence-electron chi connectivity index (χ3n) is 5.57. The fourth-order valence-corrected chi connectivity index (χ4v) is 3.91. The Balaban J connectivity index is 1.78. The molecule has 3 aromatic rings. The molecule has 2 N–H and O–H groups in total. The number of aromatic nitrogens is 2. The van der Waals surface area contributed by atoms with Crippen LogP contribution in [0, 0.1) is 13.8 Å². The van der Waals surface area contributed by atoms with Gasteiger partial charge in [-0.3, -0.25) is 9.48 Å². The summed E-state index contributed by atoms with van der Waals surface area (Å²) in [7, 11) is 3.87. The van der Waals surface area contributed by atoms with Gasteiger partial charge in [-0.1, -0.05) is 17.7 Å². The third kappa shape index (κ3) is 5.29. The van der Waals surface area contributed by atoms with Crippen LogP contribution in [0.25, 0.3) is 0 Å². The lowest BCUT2D eigenvalue weighted by Crippen LogP contribution is -2.22. The number of carboxylic acids is 1. The maximum atomic E-state index is 12.8. The maximum Gasteiger partial charge on any atom is 0.335 e. The molecule has 0 aliphatic rings. The largest absolute Gasteiger partial charge is 0.478 e. The van der Waals surface area contributed by atoms with Crippen molar-refractivity contribution in [1.82, 2.24) is 9.78 Å². The van der Waals surface area contributed by atoms with Gasteiger partial charge in [0.05, 0.1) is 22.6 Å². The van der Waals surface area contributed by atoms with Gasteiger partial charge in [-0.15, -0.1) is 0 Å². The van der Waals surface area contributed by atoms with Gasteiger partial charge in [0, 0.05) is 36.9 Å². The van der Waals surface area contributed by atoms with Crippen LogP contribution in [0.5, 0.6) is 0 Å². The molecule has 0 aliphatic heterocycles. The lowest BCUT2D eigenvalue weighted by atomic mass is 10.1. The van der Waals surface area contributed by atoms with E-state index in [1.54, 1.807) is 36.4 Å². The van der Waals surface area contributed by atoms with E-state index < -0.39 is 5.97 Å². The standard InChI is InChI=1S/C24H27ClN4O3/c1-15-20(16(2)29(4)27-15)9-6-12-28(3)22-11-10-18(24(31)32)14-21(22)26-23(30)17-7-5-8-19(25)13-17/h5,7-8,10-11,13-14H,6,9,12H2,1-4H3,(H,26,30)(H,31,32). The molecule has 0 bridgehead atoms. The molecular weight excluding hydrogens is 428 g/mol. The number of carbonyl (C=O) groups is 2. The Kier molecular flexibility index (Phi) is 7.20.